The van der Waals surface area contributed by atoms with Crippen LogP contribution in [0.5, 0.6) is 0 Å². The second kappa shape index (κ2) is 3.75. The summed E-state index contributed by atoms with van der Waals surface area (Å²) in [6.45, 7) is 3.57. The Labute approximate surface area is 97.0 Å². The highest BCUT2D eigenvalue weighted by Crippen LogP contribution is 2.37. The molecule has 1 heterocycles. The Bertz CT molecular complexity index is 465. The number of anilines is 1. The van der Waals surface area contributed by atoms with E-state index in [9.17, 15) is 18.0 Å². The van der Waals surface area contributed by atoms with E-state index in [4.69, 9.17) is 0 Å². The molecule has 5 heteroatoms. The first-order valence-electron chi connectivity index (χ1n) is 5.33. The normalized spacial score (nSPS) is 15.6. The molecule has 0 aromatic heterocycles. The Hall–Kier alpha value is -1.52. The molecule has 17 heavy (non-hydrogen) atoms. The smallest absolute Gasteiger partial charge is 0.309 e. The van der Waals surface area contributed by atoms with Crippen LogP contribution < -0.4 is 4.90 Å². The number of hydrogen-bond donors (Lipinski definition) is 0. The molecule has 0 fully saturated rings. The molecule has 1 aliphatic rings. The molecule has 0 radical (unpaired) electrons. The van der Waals surface area contributed by atoms with Crippen LogP contribution in [0.15, 0.2) is 18.2 Å². The summed E-state index contributed by atoms with van der Waals surface area (Å²) in [5.41, 5.74) is 0.341. The van der Waals surface area contributed by atoms with Gasteiger partial charge in [0, 0.05) is 11.7 Å². The van der Waals surface area contributed by atoms with Crippen LogP contribution in [0.4, 0.5) is 18.9 Å². The van der Waals surface area contributed by atoms with Crippen LogP contribution in [0, 0.1) is 0 Å². The topological polar surface area (TPSA) is 20.3 Å². The zero-order chi connectivity index (χ0) is 12.8. The van der Waals surface area contributed by atoms with E-state index in [1.54, 1.807) is 13.8 Å². The Morgan fingerprint density at radius 2 is 1.94 bits per heavy atom. The van der Waals surface area contributed by atoms with Crippen molar-refractivity contribution < 1.29 is 18.0 Å². The van der Waals surface area contributed by atoms with Gasteiger partial charge in [-0.25, -0.2) is 0 Å². The molecule has 92 valence electrons. The molecular weight excluding hydrogens is 231 g/mol. The van der Waals surface area contributed by atoms with Crippen LogP contribution in [0.1, 0.15) is 25.0 Å². The average Bonchev–Trinajstić information content (AvgIpc) is 2.50. The predicted octanol–water partition coefficient (Wildman–Crippen LogP) is 3.00. The first-order chi connectivity index (χ1) is 7.80. The van der Waals surface area contributed by atoms with Gasteiger partial charge in [0.1, 0.15) is 0 Å². The summed E-state index contributed by atoms with van der Waals surface area (Å²) in [6, 6.07) is 3.33. The third-order valence-electron chi connectivity index (χ3n) is 2.80. The second-order valence-electron chi connectivity index (χ2n) is 4.38. The first kappa shape index (κ1) is 12.0. The maximum atomic E-state index is 12.6. The number of alkyl halides is 3. The molecule has 0 bridgehead atoms. The predicted molar refractivity (Wildman–Crippen MR) is 57.8 cm³/mol. The minimum Gasteiger partial charge on any atom is -0.309 e. The minimum absolute atomic E-state index is 0.132. The number of halogens is 3. The molecule has 0 saturated heterocycles. The van der Waals surface area contributed by atoms with Gasteiger partial charge in [-0.3, -0.25) is 4.79 Å². The van der Waals surface area contributed by atoms with E-state index in [0.29, 0.717) is 11.3 Å². The van der Waals surface area contributed by atoms with Gasteiger partial charge in [-0.05, 0) is 31.5 Å². The van der Waals surface area contributed by atoms with Crippen molar-refractivity contribution in [2.45, 2.75) is 32.5 Å². The number of fused-ring (bicyclic) bond motifs is 1. The molecule has 1 aromatic carbocycles. The standard InChI is InChI=1S/C12H12F3NO/c1-7(2)16-10-6-9(12(13,14)15)4-3-8(10)5-11(16)17/h3-4,6-7H,5H2,1-2H3. The summed E-state index contributed by atoms with van der Waals surface area (Å²) in [5, 5.41) is 0. The van der Waals surface area contributed by atoms with E-state index in [0.717, 1.165) is 12.1 Å². The van der Waals surface area contributed by atoms with Crippen LogP contribution in [0.2, 0.25) is 0 Å². The molecular formula is C12H12F3NO. The van der Waals surface area contributed by atoms with Gasteiger partial charge >= 0.3 is 6.18 Å². The van der Waals surface area contributed by atoms with Crippen molar-refractivity contribution in [2.24, 2.45) is 0 Å². The van der Waals surface area contributed by atoms with E-state index >= 15 is 0 Å². The Kier molecular flexibility index (Phi) is 2.64. The quantitative estimate of drug-likeness (QED) is 0.742. The fraction of sp³-hybridized carbons (Fsp3) is 0.417. The van der Waals surface area contributed by atoms with Gasteiger partial charge in [0.25, 0.3) is 0 Å². The van der Waals surface area contributed by atoms with Gasteiger partial charge in [0.2, 0.25) is 5.91 Å². The second-order valence-corrected chi connectivity index (χ2v) is 4.38. The summed E-state index contributed by atoms with van der Waals surface area (Å²) in [7, 11) is 0. The lowest BCUT2D eigenvalue weighted by molar-refractivity contribution is -0.137. The molecule has 2 rings (SSSR count). The number of carbonyl (C=O) groups excluding carboxylic acids is 1. The highest BCUT2D eigenvalue weighted by atomic mass is 19.4. The number of rotatable bonds is 1. The van der Waals surface area contributed by atoms with Crippen LogP contribution in [0.25, 0.3) is 0 Å². The number of carbonyl (C=O) groups is 1. The molecule has 0 spiro atoms. The zero-order valence-corrected chi connectivity index (χ0v) is 9.51. The number of amides is 1. The Morgan fingerprint density at radius 3 is 2.47 bits per heavy atom. The summed E-state index contributed by atoms with van der Waals surface area (Å²) >= 11 is 0. The average molecular weight is 243 g/mol. The minimum atomic E-state index is -4.37. The van der Waals surface area contributed by atoms with Gasteiger partial charge in [-0.1, -0.05) is 6.07 Å². The van der Waals surface area contributed by atoms with E-state index < -0.39 is 11.7 Å². The van der Waals surface area contributed by atoms with Crippen LogP contribution in [-0.4, -0.2) is 11.9 Å². The van der Waals surface area contributed by atoms with Gasteiger partial charge in [-0.2, -0.15) is 13.2 Å². The molecule has 1 amide bonds. The monoisotopic (exact) mass is 243 g/mol. The lowest BCUT2D eigenvalue weighted by Gasteiger charge is -2.22. The van der Waals surface area contributed by atoms with Crippen molar-refractivity contribution in [2.75, 3.05) is 4.90 Å². The molecule has 0 saturated carbocycles. The van der Waals surface area contributed by atoms with E-state index in [1.165, 1.54) is 11.0 Å². The summed E-state index contributed by atoms with van der Waals surface area (Å²) < 4.78 is 37.7. The molecule has 0 N–H and O–H groups in total. The van der Waals surface area contributed by atoms with E-state index in [2.05, 4.69) is 0 Å². The summed E-state index contributed by atoms with van der Waals surface area (Å²) in [6.07, 6.45) is -4.19. The lowest BCUT2D eigenvalue weighted by Crippen LogP contribution is -2.33. The third kappa shape index (κ3) is 2.01. The van der Waals surface area contributed by atoms with E-state index in [-0.39, 0.29) is 18.4 Å². The number of hydrogen-bond acceptors (Lipinski definition) is 1. The number of benzene rings is 1. The lowest BCUT2D eigenvalue weighted by atomic mass is 10.1. The SMILES string of the molecule is CC(C)N1C(=O)Cc2ccc(C(F)(F)F)cc21. The van der Waals surface area contributed by atoms with Crippen molar-refractivity contribution in [1.82, 2.24) is 0 Å². The summed E-state index contributed by atoms with van der Waals surface area (Å²) in [5.74, 6) is -0.144. The highest BCUT2D eigenvalue weighted by molar-refractivity contribution is 6.01. The van der Waals surface area contributed by atoms with Gasteiger partial charge in [0.05, 0.1) is 12.0 Å². The molecule has 1 aliphatic heterocycles. The van der Waals surface area contributed by atoms with Gasteiger partial charge < -0.3 is 4.90 Å². The molecule has 2 nitrogen and oxygen atoms in total. The fourth-order valence-electron chi connectivity index (χ4n) is 2.06. The Balaban J connectivity index is 2.49. The molecule has 0 unspecified atom stereocenters. The zero-order valence-electron chi connectivity index (χ0n) is 9.51. The first-order valence-corrected chi connectivity index (χ1v) is 5.33. The largest absolute Gasteiger partial charge is 0.416 e. The maximum absolute atomic E-state index is 12.6. The van der Waals surface area contributed by atoms with Crippen molar-refractivity contribution in [3.05, 3.63) is 29.3 Å². The molecule has 0 atom stereocenters. The van der Waals surface area contributed by atoms with Crippen LogP contribution >= 0.6 is 0 Å². The van der Waals surface area contributed by atoms with Crippen LogP contribution in [-0.2, 0) is 17.4 Å². The van der Waals surface area contributed by atoms with Gasteiger partial charge in [0.15, 0.2) is 0 Å². The van der Waals surface area contributed by atoms with Crippen molar-refractivity contribution in [3.8, 4) is 0 Å². The maximum Gasteiger partial charge on any atom is 0.416 e. The number of nitrogens with zero attached hydrogens (tertiary/aromatic N) is 1. The Morgan fingerprint density at radius 1 is 1.29 bits per heavy atom. The van der Waals surface area contributed by atoms with Crippen molar-refractivity contribution >= 4 is 11.6 Å². The van der Waals surface area contributed by atoms with Gasteiger partial charge in [-0.15, -0.1) is 0 Å². The fourth-order valence-corrected chi connectivity index (χ4v) is 2.06. The highest BCUT2D eigenvalue weighted by Gasteiger charge is 2.35. The third-order valence-corrected chi connectivity index (χ3v) is 2.80. The molecule has 1 aromatic rings. The van der Waals surface area contributed by atoms with Crippen molar-refractivity contribution in [3.63, 3.8) is 0 Å². The van der Waals surface area contributed by atoms with E-state index in [1.807, 2.05) is 0 Å². The summed E-state index contributed by atoms with van der Waals surface area (Å²) in [4.78, 5) is 13.1. The molecule has 0 aliphatic carbocycles. The van der Waals surface area contributed by atoms with Crippen molar-refractivity contribution in [1.29, 1.82) is 0 Å². The van der Waals surface area contributed by atoms with Crippen LogP contribution in [0.3, 0.4) is 0 Å².